The normalized spacial score (nSPS) is 10.9. The summed E-state index contributed by atoms with van der Waals surface area (Å²) in [5.74, 6) is 0.768. The van der Waals surface area contributed by atoms with E-state index in [2.05, 4.69) is 68.4 Å². The summed E-state index contributed by atoms with van der Waals surface area (Å²) in [6.45, 7) is 4.19. The summed E-state index contributed by atoms with van der Waals surface area (Å²) >= 11 is 0. The molecule has 0 radical (unpaired) electrons. The lowest BCUT2D eigenvalue weighted by Crippen LogP contribution is -1.95. The van der Waals surface area contributed by atoms with Crippen molar-refractivity contribution in [2.24, 2.45) is 0 Å². The van der Waals surface area contributed by atoms with Gasteiger partial charge in [-0.3, -0.25) is 0 Å². The SMILES string of the molecule is Cc1ccc(-c2nc(-c3ccccc3)nc3cc(C)ccc23)cc1. The summed E-state index contributed by atoms with van der Waals surface area (Å²) in [4.78, 5) is 9.69. The van der Waals surface area contributed by atoms with Gasteiger partial charge in [-0.05, 0) is 25.5 Å². The van der Waals surface area contributed by atoms with Crippen LogP contribution in [0.1, 0.15) is 11.1 Å². The highest BCUT2D eigenvalue weighted by Gasteiger charge is 2.11. The van der Waals surface area contributed by atoms with Gasteiger partial charge in [-0.25, -0.2) is 9.97 Å². The van der Waals surface area contributed by atoms with Crippen molar-refractivity contribution in [3.63, 3.8) is 0 Å². The molecule has 0 unspecified atom stereocenters. The number of fused-ring (bicyclic) bond motifs is 1. The summed E-state index contributed by atoms with van der Waals surface area (Å²) < 4.78 is 0. The summed E-state index contributed by atoms with van der Waals surface area (Å²) in [7, 11) is 0. The van der Waals surface area contributed by atoms with Crippen molar-refractivity contribution in [3.05, 3.63) is 83.9 Å². The number of benzene rings is 3. The molecule has 2 nitrogen and oxygen atoms in total. The fourth-order valence-corrected chi connectivity index (χ4v) is 2.89. The average Bonchev–Trinajstić information content (AvgIpc) is 2.62. The number of aromatic nitrogens is 2. The highest BCUT2D eigenvalue weighted by molar-refractivity contribution is 5.94. The Balaban J connectivity index is 2.01. The first-order valence-corrected chi connectivity index (χ1v) is 8.11. The topological polar surface area (TPSA) is 25.8 Å². The number of rotatable bonds is 2. The van der Waals surface area contributed by atoms with E-state index in [4.69, 9.17) is 9.97 Å². The summed E-state index contributed by atoms with van der Waals surface area (Å²) in [5.41, 5.74) is 6.58. The maximum atomic E-state index is 4.89. The van der Waals surface area contributed by atoms with E-state index in [1.807, 2.05) is 18.2 Å². The van der Waals surface area contributed by atoms with Crippen molar-refractivity contribution in [1.29, 1.82) is 0 Å². The molecule has 0 atom stereocenters. The Labute approximate surface area is 141 Å². The Bertz CT molecular complexity index is 1000. The molecule has 0 spiro atoms. The number of aryl methyl sites for hydroxylation is 2. The van der Waals surface area contributed by atoms with Crippen molar-refractivity contribution in [3.8, 4) is 22.6 Å². The molecule has 0 N–H and O–H groups in total. The molecular weight excluding hydrogens is 292 g/mol. The molecule has 4 rings (SSSR count). The van der Waals surface area contributed by atoms with Gasteiger partial charge in [0, 0.05) is 16.5 Å². The molecule has 24 heavy (non-hydrogen) atoms. The molecule has 0 fully saturated rings. The lowest BCUT2D eigenvalue weighted by Gasteiger charge is -2.10. The number of nitrogens with zero attached hydrogens (tertiary/aromatic N) is 2. The Hall–Kier alpha value is -3.00. The van der Waals surface area contributed by atoms with Crippen molar-refractivity contribution in [2.45, 2.75) is 13.8 Å². The van der Waals surface area contributed by atoms with Crippen LogP contribution in [0.5, 0.6) is 0 Å². The van der Waals surface area contributed by atoms with E-state index in [9.17, 15) is 0 Å². The zero-order chi connectivity index (χ0) is 16.5. The molecule has 0 aliphatic heterocycles. The van der Waals surface area contributed by atoms with E-state index in [1.54, 1.807) is 0 Å². The van der Waals surface area contributed by atoms with Crippen LogP contribution in [-0.4, -0.2) is 9.97 Å². The second kappa shape index (κ2) is 5.89. The van der Waals surface area contributed by atoms with E-state index >= 15 is 0 Å². The van der Waals surface area contributed by atoms with Crippen LogP contribution in [0, 0.1) is 13.8 Å². The molecular formula is C22H18N2. The lowest BCUT2D eigenvalue weighted by atomic mass is 10.0. The molecule has 0 amide bonds. The molecule has 3 aromatic carbocycles. The Morgan fingerprint density at radius 1 is 0.625 bits per heavy atom. The first kappa shape index (κ1) is 14.6. The van der Waals surface area contributed by atoms with Crippen molar-refractivity contribution < 1.29 is 0 Å². The zero-order valence-electron chi connectivity index (χ0n) is 13.8. The van der Waals surface area contributed by atoms with Crippen molar-refractivity contribution >= 4 is 10.9 Å². The van der Waals surface area contributed by atoms with Gasteiger partial charge in [0.1, 0.15) is 0 Å². The fraction of sp³-hybridized carbons (Fsp3) is 0.0909. The Morgan fingerprint density at radius 2 is 1.33 bits per heavy atom. The molecule has 4 aromatic rings. The van der Waals surface area contributed by atoms with Gasteiger partial charge in [-0.2, -0.15) is 0 Å². The van der Waals surface area contributed by atoms with Crippen LogP contribution < -0.4 is 0 Å². The smallest absolute Gasteiger partial charge is 0.160 e. The minimum atomic E-state index is 0.768. The number of hydrogen-bond donors (Lipinski definition) is 0. The third-order valence-corrected chi connectivity index (χ3v) is 4.21. The zero-order valence-corrected chi connectivity index (χ0v) is 13.8. The van der Waals surface area contributed by atoms with Crippen molar-refractivity contribution in [1.82, 2.24) is 9.97 Å². The van der Waals surface area contributed by atoms with Gasteiger partial charge in [-0.1, -0.05) is 72.3 Å². The second-order valence-electron chi connectivity index (χ2n) is 6.15. The highest BCUT2D eigenvalue weighted by atomic mass is 14.9. The molecule has 0 aliphatic carbocycles. The molecule has 0 aliphatic rings. The van der Waals surface area contributed by atoms with E-state index in [1.165, 1.54) is 11.1 Å². The maximum absolute atomic E-state index is 4.89. The largest absolute Gasteiger partial charge is 0.228 e. The molecule has 116 valence electrons. The monoisotopic (exact) mass is 310 g/mol. The van der Waals surface area contributed by atoms with Gasteiger partial charge in [0.2, 0.25) is 0 Å². The third-order valence-electron chi connectivity index (χ3n) is 4.21. The summed E-state index contributed by atoms with van der Waals surface area (Å²) in [5, 5.41) is 1.09. The first-order valence-electron chi connectivity index (χ1n) is 8.11. The van der Waals surface area contributed by atoms with Gasteiger partial charge in [0.25, 0.3) is 0 Å². The standard InChI is InChI=1S/C22H18N2/c1-15-8-11-17(12-9-15)21-19-13-10-16(2)14-20(19)23-22(24-21)18-6-4-3-5-7-18/h3-14H,1-2H3. The molecule has 0 saturated heterocycles. The first-order chi connectivity index (χ1) is 11.7. The molecule has 1 aromatic heterocycles. The highest BCUT2D eigenvalue weighted by Crippen LogP contribution is 2.29. The van der Waals surface area contributed by atoms with Crippen LogP contribution in [0.4, 0.5) is 0 Å². The minimum Gasteiger partial charge on any atom is -0.228 e. The quantitative estimate of drug-likeness (QED) is 0.483. The average molecular weight is 310 g/mol. The molecule has 0 bridgehead atoms. The third kappa shape index (κ3) is 2.67. The van der Waals surface area contributed by atoms with Crippen LogP contribution in [0.3, 0.4) is 0 Å². The number of hydrogen-bond acceptors (Lipinski definition) is 2. The summed E-state index contributed by atoms with van der Waals surface area (Å²) in [6.07, 6.45) is 0. The van der Waals surface area contributed by atoms with Gasteiger partial charge in [0.05, 0.1) is 11.2 Å². The van der Waals surface area contributed by atoms with E-state index in [0.717, 1.165) is 33.5 Å². The second-order valence-corrected chi connectivity index (χ2v) is 6.15. The lowest BCUT2D eigenvalue weighted by molar-refractivity contribution is 1.22. The van der Waals surface area contributed by atoms with Gasteiger partial charge >= 0.3 is 0 Å². The maximum Gasteiger partial charge on any atom is 0.160 e. The van der Waals surface area contributed by atoms with Crippen LogP contribution in [0.2, 0.25) is 0 Å². The summed E-state index contributed by atoms with van der Waals surface area (Å²) in [6, 6.07) is 25.0. The minimum absolute atomic E-state index is 0.768. The van der Waals surface area contributed by atoms with Crippen LogP contribution in [-0.2, 0) is 0 Å². The van der Waals surface area contributed by atoms with Crippen LogP contribution in [0.25, 0.3) is 33.5 Å². The predicted octanol–water partition coefficient (Wildman–Crippen LogP) is 5.58. The van der Waals surface area contributed by atoms with Gasteiger partial charge < -0.3 is 0 Å². The van der Waals surface area contributed by atoms with E-state index in [-0.39, 0.29) is 0 Å². The molecule has 1 heterocycles. The van der Waals surface area contributed by atoms with E-state index in [0.29, 0.717) is 0 Å². The van der Waals surface area contributed by atoms with Gasteiger partial charge in [-0.15, -0.1) is 0 Å². The molecule has 2 heteroatoms. The Kier molecular flexibility index (Phi) is 3.58. The van der Waals surface area contributed by atoms with Crippen LogP contribution in [0.15, 0.2) is 72.8 Å². The van der Waals surface area contributed by atoms with Crippen molar-refractivity contribution in [2.75, 3.05) is 0 Å². The van der Waals surface area contributed by atoms with Crippen LogP contribution >= 0.6 is 0 Å². The predicted molar refractivity (Wildman–Crippen MR) is 99.9 cm³/mol. The fourth-order valence-electron chi connectivity index (χ4n) is 2.89. The Morgan fingerprint density at radius 3 is 2.08 bits per heavy atom. The van der Waals surface area contributed by atoms with E-state index < -0.39 is 0 Å². The molecule has 0 saturated carbocycles. The van der Waals surface area contributed by atoms with Gasteiger partial charge in [0.15, 0.2) is 5.82 Å².